The molecule has 0 spiro atoms. The highest BCUT2D eigenvalue weighted by atomic mass is 19.3. The van der Waals surface area contributed by atoms with Crippen molar-refractivity contribution in [2.45, 2.75) is 33.0 Å². The number of allylic oxidation sites excluding steroid dienone is 3. The van der Waals surface area contributed by atoms with Gasteiger partial charge in [0.2, 0.25) is 0 Å². The topological polar surface area (TPSA) is 117 Å². The number of halogens is 2. The molecule has 1 aliphatic heterocycles. The molecule has 0 aromatic heterocycles. The molecule has 2 aromatic carbocycles. The Bertz CT molecular complexity index is 1220. The third-order valence-corrected chi connectivity index (χ3v) is 5.37. The molecule has 0 bridgehead atoms. The third kappa shape index (κ3) is 5.45. The molecule has 1 aliphatic rings. The highest BCUT2D eigenvalue weighted by Crippen LogP contribution is 2.42. The third-order valence-electron chi connectivity index (χ3n) is 5.37. The van der Waals surface area contributed by atoms with Crippen LogP contribution in [-0.4, -0.2) is 30.6 Å². The molecule has 2 aromatic rings. The average Bonchev–Trinajstić information content (AvgIpc) is 2.81. The lowest BCUT2D eigenvalue weighted by molar-refractivity contribution is -0.431. The first kappa shape index (κ1) is 25.3. The van der Waals surface area contributed by atoms with Gasteiger partial charge >= 0.3 is 18.6 Å². The van der Waals surface area contributed by atoms with Crippen LogP contribution in [0.2, 0.25) is 0 Å². The fraction of sp³-hybridized carbons (Fsp3) is 0.250. The Morgan fingerprint density at radius 2 is 1.71 bits per heavy atom. The zero-order valence-electron chi connectivity index (χ0n) is 19.0. The van der Waals surface area contributed by atoms with Gasteiger partial charge in [-0.25, -0.2) is 9.59 Å². The summed E-state index contributed by atoms with van der Waals surface area (Å²) in [6.07, 6.45) is 0. The minimum absolute atomic E-state index is 0.00149. The molecule has 0 saturated carbocycles. The molecule has 1 atom stereocenters. The summed E-state index contributed by atoms with van der Waals surface area (Å²) >= 11 is 0. The second kappa shape index (κ2) is 10.8. The number of esters is 2. The van der Waals surface area contributed by atoms with Crippen LogP contribution in [0.5, 0.6) is 5.75 Å². The second-order valence-electron chi connectivity index (χ2n) is 7.51. The number of benzene rings is 2. The number of hydrogen-bond acceptors (Lipinski definition) is 8. The molecular weight excluding hydrogens is 466 g/mol. The van der Waals surface area contributed by atoms with Crippen LogP contribution in [0.25, 0.3) is 0 Å². The quantitative estimate of drug-likeness (QED) is 0.332. The lowest BCUT2D eigenvalue weighted by atomic mass is 9.83. The highest BCUT2D eigenvalue weighted by Gasteiger charge is 2.42. The van der Waals surface area contributed by atoms with E-state index in [2.05, 4.69) is 10.1 Å². The molecule has 0 amide bonds. The second-order valence-corrected chi connectivity index (χ2v) is 7.51. The zero-order valence-corrected chi connectivity index (χ0v) is 19.0. The molecule has 11 heteroatoms. The van der Waals surface area contributed by atoms with E-state index in [1.165, 1.54) is 51.3 Å². The number of ether oxygens (including phenoxy) is 3. The van der Waals surface area contributed by atoms with Gasteiger partial charge in [0.15, 0.2) is 0 Å². The summed E-state index contributed by atoms with van der Waals surface area (Å²) in [7, 11) is 1.21. The van der Waals surface area contributed by atoms with Crippen molar-refractivity contribution >= 4 is 11.9 Å². The molecule has 3 rings (SSSR count). The Balaban J connectivity index is 2.03. The number of rotatable bonds is 8. The van der Waals surface area contributed by atoms with Crippen LogP contribution in [0.1, 0.15) is 41.3 Å². The summed E-state index contributed by atoms with van der Waals surface area (Å²) < 4.78 is 40.9. The van der Waals surface area contributed by atoms with E-state index >= 15 is 0 Å². The molecule has 9 nitrogen and oxygen atoms in total. The van der Waals surface area contributed by atoms with E-state index in [0.717, 1.165) is 0 Å². The van der Waals surface area contributed by atoms with E-state index in [1.54, 1.807) is 18.2 Å². The van der Waals surface area contributed by atoms with E-state index in [9.17, 15) is 28.5 Å². The maximum Gasteiger partial charge on any atom is 0.387 e. The van der Waals surface area contributed by atoms with Crippen molar-refractivity contribution in [1.29, 1.82) is 0 Å². The first-order valence-corrected chi connectivity index (χ1v) is 10.4. The van der Waals surface area contributed by atoms with E-state index in [1.807, 2.05) is 0 Å². The molecule has 1 unspecified atom stereocenters. The number of alkyl halides is 2. The first-order chi connectivity index (χ1) is 16.6. The summed E-state index contributed by atoms with van der Waals surface area (Å²) in [6, 6.07) is 11.9. The molecule has 1 N–H and O–H groups in total. The van der Waals surface area contributed by atoms with Crippen molar-refractivity contribution in [1.82, 2.24) is 5.32 Å². The Kier molecular flexibility index (Phi) is 7.80. The van der Waals surface area contributed by atoms with Crippen LogP contribution in [0.3, 0.4) is 0 Å². The minimum Gasteiger partial charge on any atom is -0.465 e. The number of nitro groups is 1. The largest absolute Gasteiger partial charge is 0.465 e. The lowest BCUT2D eigenvalue weighted by Gasteiger charge is -2.27. The molecule has 0 aliphatic carbocycles. The summed E-state index contributed by atoms with van der Waals surface area (Å²) in [4.78, 5) is 36.6. The number of hydrogen-bond donors (Lipinski definition) is 1. The van der Waals surface area contributed by atoms with Crippen LogP contribution in [0.4, 0.5) is 8.78 Å². The predicted octanol–water partition coefficient (Wildman–Crippen LogP) is 4.29. The fourth-order valence-electron chi connectivity index (χ4n) is 3.90. The van der Waals surface area contributed by atoms with Crippen molar-refractivity contribution in [3.63, 3.8) is 0 Å². The van der Waals surface area contributed by atoms with Crippen LogP contribution in [-0.2, 0) is 20.9 Å². The fourth-order valence-corrected chi connectivity index (χ4v) is 3.90. The SMILES string of the molecule is COC(=O)c1ccccc1COC(=O)C1=C(C)NC(C)=C([N+](=O)[O-])C1c1ccccc1OC(F)F. The summed E-state index contributed by atoms with van der Waals surface area (Å²) in [5.41, 5.74) is 0.360. The Labute approximate surface area is 199 Å². The minimum atomic E-state index is -3.18. The van der Waals surface area contributed by atoms with Gasteiger partial charge in [0.05, 0.1) is 28.9 Å². The molecule has 0 radical (unpaired) electrons. The summed E-state index contributed by atoms with van der Waals surface area (Å²) in [6.45, 7) is -0.556. The van der Waals surface area contributed by atoms with E-state index in [0.29, 0.717) is 5.56 Å². The molecule has 35 heavy (non-hydrogen) atoms. The predicted molar refractivity (Wildman–Crippen MR) is 119 cm³/mol. The maximum atomic E-state index is 13.3. The van der Waals surface area contributed by atoms with Gasteiger partial charge in [0.1, 0.15) is 18.3 Å². The smallest absolute Gasteiger partial charge is 0.387 e. The standard InChI is InChI=1S/C24H22F2N2O7/c1-13-19(23(30)34-12-15-8-4-5-9-16(15)22(29)33-3)20(21(28(31)32)14(2)27-13)17-10-6-7-11-18(17)35-24(25)26/h4-11,20,24,27H,12H2,1-3H3. The van der Waals surface area contributed by atoms with Crippen LogP contribution in [0, 0.1) is 10.1 Å². The molecule has 0 fully saturated rings. The van der Waals surface area contributed by atoms with Gasteiger partial charge in [-0.15, -0.1) is 0 Å². The van der Waals surface area contributed by atoms with Gasteiger partial charge in [0.25, 0.3) is 5.70 Å². The Morgan fingerprint density at radius 3 is 2.37 bits per heavy atom. The summed E-state index contributed by atoms with van der Waals surface area (Å²) in [5, 5.41) is 14.8. The number of nitrogens with one attached hydrogen (secondary N) is 1. The molecule has 1 heterocycles. The number of para-hydroxylation sites is 1. The number of nitrogens with zero attached hydrogens (tertiary/aromatic N) is 1. The molecule has 0 saturated heterocycles. The van der Waals surface area contributed by atoms with Gasteiger partial charge < -0.3 is 19.5 Å². The lowest BCUT2D eigenvalue weighted by Crippen LogP contribution is -2.32. The van der Waals surface area contributed by atoms with Crippen molar-refractivity contribution < 1.29 is 37.5 Å². The van der Waals surface area contributed by atoms with E-state index in [4.69, 9.17) is 9.47 Å². The zero-order chi connectivity index (χ0) is 25.7. The van der Waals surface area contributed by atoms with E-state index < -0.39 is 35.1 Å². The van der Waals surface area contributed by atoms with Crippen LogP contribution < -0.4 is 10.1 Å². The van der Waals surface area contributed by atoms with Crippen molar-refractivity contribution in [3.8, 4) is 5.75 Å². The summed E-state index contributed by atoms with van der Waals surface area (Å²) in [5.74, 6) is -3.23. The Morgan fingerprint density at radius 1 is 1.06 bits per heavy atom. The van der Waals surface area contributed by atoms with Crippen LogP contribution in [0.15, 0.2) is 71.2 Å². The van der Waals surface area contributed by atoms with Gasteiger partial charge in [-0.1, -0.05) is 36.4 Å². The molecule has 184 valence electrons. The number of carbonyl (C=O) groups is 2. The van der Waals surface area contributed by atoms with Crippen molar-refractivity contribution in [2.75, 3.05) is 7.11 Å². The van der Waals surface area contributed by atoms with Crippen molar-refractivity contribution in [3.05, 3.63) is 98.0 Å². The molecular formula is C24H22F2N2O7. The number of methoxy groups -OCH3 is 1. The van der Waals surface area contributed by atoms with Crippen molar-refractivity contribution in [2.24, 2.45) is 0 Å². The normalized spacial score (nSPS) is 15.5. The number of carbonyl (C=O) groups excluding carboxylic acids is 2. The van der Waals surface area contributed by atoms with Gasteiger partial charge in [-0.05, 0) is 26.0 Å². The maximum absolute atomic E-state index is 13.3. The Hall–Kier alpha value is -4.28. The van der Waals surface area contributed by atoms with Gasteiger partial charge in [-0.2, -0.15) is 8.78 Å². The average molecular weight is 488 g/mol. The highest BCUT2D eigenvalue weighted by molar-refractivity contribution is 5.93. The van der Waals surface area contributed by atoms with Gasteiger partial charge in [0, 0.05) is 16.8 Å². The first-order valence-electron chi connectivity index (χ1n) is 10.4. The van der Waals surface area contributed by atoms with Crippen LogP contribution >= 0.6 is 0 Å². The number of dihydropyridines is 1. The van der Waals surface area contributed by atoms with E-state index in [-0.39, 0.29) is 40.5 Å². The van der Waals surface area contributed by atoms with Gasteiger partial charge in [-0.3, -0.25) is 10.1 Å². The monoisotopic (exact) mass is 488 g/mol.